The lowest BCUT2D eigenvalue weighted by atomic mass is 10.2. The molecule has 1 aliphatic rings. The van der Waals surface area contributed by atoms with E-state index in [4.69, 9.17) is 0 Å². The second kappa shape index (κ2) is 1.87. The third-order valence-electron chi connectivity index (χ3n) is 1.69. The maximum Gasteiger partial charge on any atom is 0.243 e. The number of amides is 1. The number of carbonyl (C=O) groups is 1. The van der Waals surface area contributed by atoms with Crippen LogP contribution in [-0.4, -0.2) is 17.1 Å². The van der Waals surface area contributed by atoms with Crippen molar-refractivity contribution in [1.82, 2.24) is 4.68 Å². The second-order valence-corrected chi connectivity index (χ2v) is 2.33. The summed E-state index contributed by atoms with van der Waals surface area (Å²) < 4.78 is 1.81. The number of nitrogens with zero attached hydrogens (tertiary/aromatic N) is 2. The van der Waals surface area contributed by atoms with E-state index < -0.39 is 0 Å². The number of aromatic nitrogens is 1. The van der Waals surface area contributed by atoms with Gasteiger partial charge in [0.05, 0.1) is 6.54 Å². The van der Waals surface area contributed by atoms with Crippen LogP contribution in [0.25, 0.3) is 0 Å². The van der Waals surface area contributed by atoms with Crippen molar-refractivity contribution < 1.29 is 4.79 Å². The zero-order valence-corrected chi connectivity index (χ0v) is 5.53. The minimum absolute atomic E-state index is 0.205. The molecule has 1 aliphatic heterocycles. The average molecular weight is 136 g/mol. The van der Waals surface area contributed by atoms with Crippen LogP contribution in [0.4, 0.5) is 0 Å². The third-order valence-corrected chi connectivity index (χ3v) is 1.69. The number of carbonyl (C=O) groups excluding carboxylic acids is 1. The van der Waals surface area contributed by atoms with E-state index in [1.54, 1.807) is 5.01 Å². The summed E-state index contributed by atoms with van der Waals surface area (Å²) in [6, 6.07) is 3.82. The Balaban J connectivity index is 2.21. The summed E-state index contributed by atoms with van der Waals surface area (Å²) in [4.78, 5) is 10.8. The van der Waals surface area contributed by atoms with E-state index in [1.807, 2.05) is 29.2 Å². The van der Waals surface area contributed by atoms with Crippen molar-refractivity contribution in [3.8, 4) is 0 Å². The van der Waals surface area contributed by atoms with Crippen LogP contribution in [0.1, 0.15) is 6.42 Å². The van der Waals surface area contributed by atoms with Crippen LogP contribution in [0.3, 0.4) is 0 Å². The monoisotopic (exact) mass is 136 g/mol. The fraction of sp³-hybridized carbons (Fsp3) is 0.286. The molecule has 2 rings (SSSR count). The average Bonchev–Trinajstić information content (AvgIpc) is 2.37. The van der Waals surface area contributed by atoms with E-state index in [9.17, 15) is 4.79 Å². The summed E-state index contributed by atoms with van der Waals surface area (Å²) in [6.07, 6.45) is 4.44. The molecule has 52 valence electrons. The molecule has 1 fully saturated rings. The van der Waals surface area contributed by atoms with Gasteiger partial charge in [0.1, 0.15) is 0 Å². The molecule has 3 heteroatoms. The van der Waals surface area contributed by atoms with Gasteiger partial charge in [-0.2, -0.15) is 0 Å². The van der Waals surface area contributed by atoms with Gasteiger partial charge in [0.15, 0.2) is 0 Å². The molecule has 1 aromatic rings. The van der Waals surface area contributed by atoms with Gasteiger partial charge in [-0.05, 0) is 12.1 Å². The first kappa shape index (κ1) is 5.53. The van der Waals surface area contributed by atoms with Crippen molar-refractivity contribution in [1.29, 1.82) is 0 Å². The van der Waals surface area contributed by atoms with Gasteiger partial charge in [0.2, 0.25) is 5.91 Å². The summed E-state index contributed by atoms with van der Waals surface area (Å²) in [5.41, 5.74) is 0. The summed E-state index contributed by atoms with van der Waals surface area (Å²) in [6.45, 7) is 0.855. The Labute approximate surface area is 58.8 Å². The van der Waals surface area contributed by atoms with Crippen LogP contribution in [-0.2, 0) is 4.79 Å². The van der Waals surface area contributed by atoms with Gasteiger partial charge < -0.3 is 0 Å². The quantitative estimate of drug-likeness (QED) is 0.511. The van der Waals surface area contributed by atoms with Crippen molar-refractivity contribution in [3.63, 3.8) is 0 Å². The van der Waals surface area contributed by atoms with Gasteiger partial charge in [-0.3, -0.25) is 9.47 Å². The van der Waals surface area contributed by atoms with Gasteiger partial charge in [-0.25, -0.2) is 5.01 Å². The zero-order chi connectivity index (χ0) is 6.97. The van der Waals surface area contributed by atoms with Crippen LogP contribution >= 0.6 is 0 Å². The number of hydrogen-bond acceptors (Lipinski definition) is 1. The highest BCUT2D eigenvalue weighted by atomic mass is 16.2. The van der Waals surface area contributed by atoms with E-state index in [0.29, 0.717) is 6.42 Å². The van der Waals surface area contributed by atoms with Crippen molar-refractivity contribution in [3.05, 3.63) is 24.5 Å². The Hall–Kier alpha value is -1.25. The molecule has 0 saturated carbocycles. The molecule has 1 amide bonds. The fourth-order valence-electron chi connectivity index (χ4n) is 1.03. The van der Waals surface area contributed by atoms with E-state index in [1.165, 1.54) is 0 Å². The Morgan fingerprint density at radius 2 is 2.00 bits per heavy atom. The lowest BCUT2D eigenvalue weighted by Crippen LogP contribution is -2.50. The van der Waals surface area contributed by atoms with Gasteiger partial charge in [-0.1, -0.05) is 0 Å². The van der Waals surface area contributed by atoms with Crippen LogP contribution in [0.5, 0.6) is 0 Å². The molecule has 0 bridgehead atoms. The van der Waals surface area contributed by atoms with Crippen molar-refractivity contribution in [2.24, 2.45) is 0 Å². The Bertz CT molecular complexity index is 240. The molecule has 0 radical (unpaired) electrons. The lowest BCUT2D eigenvalue weighted by molar-refractivity contribution is -0.124. The smallest absolute Gasteiger partial charge is 0.243 e. The highest BCUT2D eigenvalue weighted by Crippen LogP contribution is 2.06. The molecule has 0 unspecified atom stereocenters. The van der Waals surface area contributed by atoms with E-state index >= 15 is 0 Å². The molecule has 0 N–H and O–H groups in total. The second-order valence-electron chi connectivity index (χ2n) is 2.33. The third kappa shape index (κ3) is 0.635. The highest BCUT2D eigenvalue weighted by molar-refractivity contribution is 5.92. The first-order valence-electron chi connectivity index (χ1n) is 3.31. The fourth-order valence-corrected chi connectivity index (χ4v) is 1.03. The lowest BCUT2D eigenvalue weighted by Gasteiger charge is -2.31. The number of rotatable bonds is 1. The van der Waals surface area contributed by atoms with Crippen LogP contribution in [0, 0.1) is 0 Å². The summed E-state index contributed by atoms with van der Waals surface area (Å²) >= 11 is 0. The molecule has 1 saturated heterocycles. The van der Waals surface area contributed by atoms with Crippen molar-refractivity contribution in [2.75, 3.05) is 11.6 Å². The topological polar surface area (TPSA) is 25.2 Å². The summed E-state index contributed by atoms with van der Waals surface area (Å²) in [5, 5.41) is 1.71. The summed E-state index contributed by atoms with van der Waals surface area (Å²) in [7, 11) is 0. The minimum atomic E-state index is 0.205. The molecule has 2 heterocycles. The number of hydrogen-bond donors (Lipinski definition) is 0. The van der Waals surface area contributed by atoms with Crippen LogP contribution in [0.15, 0.2) is 24.5 Å². The highest BCUT2D eigenvalue weighted by Gasteiger charge is 2.24. The predicted molar refractivity (Wildman–Crippen MR) is 37.1 cm³/mol. The normalized spacial score (nSPS) is 17.2. The van der Waals surface area contributed by atoms with Gasteiger partial charge >= 0.3 is 0 Å². The SMILES string of the molecule is O=C1CCN1n1cccc1. The predicted octanol–water partition coefficient (Wildman–Crippen LogP) is 0.356. The van der Waals surface area contributed by atoms with Crippen molar-refractivity contribution >= 4 is 5.91 Å². The maximum absolute atomic E-state index is 10.8. The molecule has 0 aliphatic carbocycles. The Kier molecular flexibility index (Phi) is 1.03. The van der Waals surface area contributed by atoms with Gasteiger partial charge in [-0.15, -0.1) is 0 Å². The number of β-lactam (4-membered cyclic amide) rings is 1. The Morgan fingerprint density at radius 1 is 1.30 bits per heavy atom. The van der Waals surface area contributed by atoms with Crippen molar-refractivity contribution in [2.45, 2.75) is 6.42 Å². The molecule has 10 heavy (non-hydrogen) atoms. The first-order chi connectivity index (χ1) is 4.88. The molecule has 1 aromatic heterocycles. The van der Waals surface area contributed by atoms with E-state index in [0.717, 1.165) is 6.54 Å². The molecule has 0 atom stereocenters. The van der Waals surface area contributed by atoms with E-state index in [-0.39, 0.29) is 5.91 Å². The molecule has 0 spiro atoms. The van der Waals surface area contributed by atoms with E-state index in [2.05, 4.69) is 0 Å². The van der Waals surface area contributed by atoms with Crippen LogP contribution in [0.2, 0.25) is 0 Å². The molecular formula is C7H8N2O. The van der Waals surface area contributed by atoms with Gasteiger partial charge in [0.25, 0.3) is 0 Å². The Morgan fingerprint density at radius 3 is 2.40 bits per heavy atom. The largest absolute Gasteiger partial charge is 0.273 e. The summed E-state index contributed by atoms with van der Waals surface area (Å²) in [5.74, 6) is 0.205. The molecular weight excluding hydrogens is 128 g/mol. The zero-order valence-electron chi connectivity index (χ0n) is 5.53. The van der Waals surface area contributed by atoms with Crippen LogP contribution < -0.4 is 5.01 Å². The van der Waals surface area contributed by atoms with Gasteiger partial charge in [0, 0.05) is 18.8 Å². The minimum Gasteiger partial charge on any atom is -0.273 e. The first-order valence-corrected chi connectivity index (χ1v) is 3.31. The molecule has 3 nitrogen and oxygen atoms in total. The maximum atomic E-state index is 10.8. The molecule has 0 aromatic carbocycles. The standard InChI is InChI=1S/C7H8N2O/c10-7-3-6-9(7)8-4-1-2-5-8/h1-2,4-5H,3,6H2.